The van der Waals surface area contributed by atoms with Crippen molar-refractivity contribution in [3.05, 3.63) is 30.0 Å². The standard InChI is InChI=1S/C11H18N2O/c1-4-5-6-7-12-8-11-13-9(2)10(3)14-11/h4,12H,1,5-8H2,2-3H3. The number of oxazole rings is 1. The van der Waals surface area contributed by atoms with Gasteiger partial charge < -0.3 is 9.73 Å². The lowest BCUT2D eigenvalue weighted by Gasteiger charge is -1.99. The molecule has 0 saturated carbocycles. The number of rotatable bonds is 6. The van der Waals surface area contributed by atoms with E-state index in [0.717, 1.165) is 36.7 Å². The summed E-state index contributed by atoms with van der Waals surface area (Å²) in [5.41, 5.74) is 0.980. The average molecular weight is 194 g/mol. The Hall–Kier alpha value is -1.09. The Labute approximate surface area is 85.2 Å². The molecule has 78 valence electrons. The molecule has 0 fully saturated rings. The summed E-state index contributed by atoms with van der Waals surface area (Å²) < 4.78 is 5.43. The fourth-order valence-corrected chi connectivity index (χ4v) is 1.18. The fourth-order valence-electron chi connectivity index (χ4n) is 1.18. The van der Waals surface area contributed by atoms with Crippen LogP contribution in [0.4, 0.5) is 0 Å². The maximum Gasteiger partial charge on any atom is 0.208 e. The van der Waals surface area contributed by atoms with Gasteiger partial charge in [0, 0.05) is 0 Å². The third-order valence-corrected chi connectivity index (χ3v) is 2.11. The lowest BCUT2D eigenvalue weighted by Crippen LogP contribution is -2.14. The van der Waals surface area contributed by atoms with E-state index in [-0.39, 0.29) is 0 Å². The Bertz CT molecular complexity index is 272. The van der Waals surface area contributed by atoms with Crippen LogP contribution in [0.3, 0.4) is 0 Å². The number of aromatic nitrogens is 1. The van der Waals surface area contributed by atoms with Crippen molar-refractivity contribution < 1.29 is 4.42 Å². The minimum Gasteiger partial charge on any atom is -0.444 e. The van der Waals surface area contributed by atoms with Crippen LogP contribution in [0.1, 0.15) is 30.2 Å². The number of aryl methyl sites for hydroxylation is 2. The van der Waals surface area contributed by atoms with Crippen LogP contribution in [-0.2, 0) is 6.54 Å². The quantitative estimate of drug-likeness (QED) is 0.558. The number of allylic oxidation sites excluding steroid dienone is 1. The van der Waals surface area contributed by atoms with E-state index in [1.165, 1.54) is 0 Å². The van der Waals surface area contributed by atoms with Gasteiger partial charge >= 0.3 is 0 Å². The van der Waals surface area contributed by atoms with Gasteiger partial charge in [0.05, 0.1) is 12.2 Å². The number of nitrogens with one attached hydrogen (secondary N) is 1. The molecule has 0 unspecified atom stereocenters. The van der Waals surface area contributed by atoms with E-state index in [9.17, 15) is 0 Å². The van der Waals surface area contributed by atoms with E-state index in [0.29, 0.717) is 6.54 Å². The van der Waals surface area contributed by atoms with Gasteiger partial charge in [-0.3, -0.25) is 0 Å². The molecule has 0 spiro atoms. The van der Waals surface area contributed by atoms with Crippen LogP contribution in [0.15, 0.2) is 17.1 Å². The Kier molecular flexibility index (Phi) is 4.40. The normalized spacial score (nSPS) is 10.4. The van der Waals surface area contributed by atoms with Crippen molar-refractivity contribution in [2.75, 3.05) is 6.54 Å². The molecule has 1 aromatic heterocycles. The highest BCUT2D eigenvalue weighted by Crippen LogP contribution is 2.07. The zero-order chi connectivity index (χ0) is 10.4. The molecule has 3 heteroatoms. The van der Waals surface area contributed by atoms with Gasteiger partial charge in [-0.2, -0.15) is 0 Å². The number of nitrogens with zero attached hydrogens (tertiary/aromatic N) is 1. The molecule has 1 aromatic rings. The molecule has 0 saturated heterocycles. The first-order valence-electron chi connectivity index (χ1n) is 4.98. The Morgan fingerprint density at radius 3 is 2.86 bits per heavy atom. The molecule has 1 rings (SSSR count). The largest absolute Gasteiger partial charge is 0.444 e. The highest BCUT2D eigenvalue weighted by molar-refractivity contribution is 5.04. The summed E-state index contributed by atoms with van der Waals surface area (Å²) >= 11 is 0. The van der Waals surface area contributed by atoms with Crippen LogP contribution in [0.25, 0.3) is 0 Å². The summed E-state index contributed by atoms with van der Waals surface area (Å²) in [7, 11) is 0. The minimum atomic E-state index is 0.714. The first kappa shape index (κ1) is 11.0. The Morgan fingerprint density at radius 1 is 1.50 bits per heavy atom. The summed E-state index contributed by atoms with van der Waals surface area (Å²) in [6.07, 6.45) is 4.10. The van der Waals surface area contributed by atoms with Crippen LogP contribution >= 0.6 is 0 Å². The van der Waals surface area contributed by atoms with Crippen molar-refractivity contribution in [2.45, 2.75) is 33.2 Å². The lowest BCUT2D eigenvalue weighted by atomic mass is 10.3. The van der Waals surface area contributed by atoms with Crippen molar-refractivity contribution in [3.8, 4) is 0 Å². The molecular weight excluding hydrogens is 176 g/mol. The van der Waals surface area contributed by atoms with E-state index in [2.05, 4.69) is 16.9 Å². The summed E-state index contributed by atoms with van der Waals surface area (Å²) in [5.74, 6) is 1.69. The first-order valence-corrected chi connectivity index (χ1v) is 4.98. The van der Waals surface area contributed by atoms with Gasteiger partial charge in [-0.15, -0.1) is 6.58 Å². The highest BCUT2D eigenvalue weighted by Gasteiger charge is 2.03. The Morgan fingerprint density at radius 2 is 2.29 bits per heavy atom. The second-order valence-corrected chi connectivity index (χ2v) is 3.36. The topological polar surface area (TPSA) is 38.1 Å². The van der Waals surface area contributed by atoms with Gasteiger partial charge in [0.15, 0.2) is 0 Å². The van der Waals surface area contributed by atoms with Gasteiger partial charge in [0.1, 0.15) is 5.76 Å². The van der Waals surface area contributed by atoms with Crippen LogP contribution < -0.4 is 5.32 Å². The zero-order valence-electron chi connectivity index (χ0n) is 8.97. The van der Waals surface area contributed by atoms with Crippen LogP contribution in [0.5, 0.6) is 0 Å². The molecule has 0 aliphatic heterocycles. The molecule has 0 aliphatic carbocycles. The molecule has 1 N–H and O–H groups in total. The molecule has 1 heterocycles. The smallest absolute Gasteiger partial charge is 0.208 e. The fraction of sp³-hybridized carbons (Fsp3) is 0.545. The van der Waals surface area contributed by atoms with Gasteiger partial charge in [-0.1, -0.05) is 6.08 Å². The SMILES string of the molecule is C=CCCCNCc1nc(C)c(C)o1. The minimum absolute atomic E-state index is 0.714. The summed E-state index contributed by atoms with van der Waals surface area (Å²) in [6.45, 7) is 9.26. The van der Waals surface area contributed by atoms with Crippen molar-refractivity contribution in [2.24, 2.45) is 0 Å². The summed E-state index contributed by atoms with van der Waals surface area (Å²) in [5, 5.41) is 3.27. The molecule has 3 nitrogen and oxygen atoms in total. The summed E-state index contributed by atoms with van der Waals surface area (Å²) in [6, 6.07) is 0. The third-order valence-electron chi connectivity index (χ3n) is 2.11. The maximum atomic E-state index is 5.43. The predicted octanol–water partition coefficient (Wildman–Crippen LogP) is 2.35. The van der Waals surface area contributed by atoms with E-state index >= 15 is 0 Å². The monoisotopic (exact) mass is 194 g/mol. The number of hydrogen-bond donors (Lipinski definition) is 1. The predicted molar refractivity (Wildman–Crippen MR) is 57.1 cm³/mol. The van der Waals surface area contributed by atoms with E-state index < -0.39 is 0 Å². The van der Waals surface area contributed by atoms with E-state index in [4.69, 9.17) is 4.42 Å². The lowest BCUT2D eigenvalue weighted by molar-refractivity contribution is 0.448. The van der Waals surface area contributed by atoms with Crippen molar-refractivity contribution in [3.63, 3.8) is 0 Å². The molecule has 14 heavy (non-hydrogen) atoms. The highest BCUT2D eigenvalue weighted by atomic mass is 16.4. The van der Waals surface area contributed by atoms with Crippen LogP contribution in [0, 0.1) is 13.8 Å². The molecule has 0 bridgehead atoms. The molecule has 0 radical (unpaired) electrons. The molecule has 0 amide bonds. The Balaban J connectivity index is 2.21. The van der Waals surface area contributed by atoms with E-state index in [1.807, 2.05) is 19.9 Å². The van der Waals surface area contributed by atoms with Gasteiger partial charge in [0.25, 0.3) is 0 Å². The molecule has 0 atom stereocenters. The summed E-state index contributed by atoms with van der Waals surface area (Å²) in [4.78, 5) is 4.28. The second-order valence-electron chi connectivity index (χ2n) is 3.36. The van der Waals surface area contributed by atoms with Crippen LogP contribution in [0.2, 0.25) is 0 Å². The average Bonchev–Trinajstić information content (AvgIpc) is 2.46. The van der Waals surface area contributed by atoms with Gasteiger partial charge in [-0.25, -0.2) is 4.98 Å². The van der Waals surface area contributed by atoms with Crippen molar-refractivity contribution >= 4 is 0 Å². The van der Waals surface area contributed by atoms with E-state index in [1.54, 1.807) is 0 Å². The second kappa shape index (κ2) is 5.60. The van der Waals surface area contributed by atoms with Gasteiger partial charge in [-0.05, 0) is 33.2 Å². The first-order chi connectivity index (χ1) is 6.74. The van der Waals surface area contributed by atoms with Crippen LogP contribution in [-0.4, -0.2) is 11.5 Å². The molecule has 0 aromatic carbocycles. The van der Waals surface area contributed by atoms with Crippen molar-refractivity contribution in [1.29, 1.82) is 0 Å². The third kappa shape index (κ3) is 3.34. The zero-order valence-corrected chi connectivity index (χ0v) is 8.97. The number of unbranched alkanes of at least 4 members (excludes halogenated alkanes) is 1. The maximum absolute atomic E-state index is 5.43. The van der Waals surface area contributed by atoms with Crippen molar-refractivity contribution in [1.82, 2.24) is 10.3 Å². The van der Waals surface area contributed by atoms with Gasteiger partial charge in [0.2, 0.25) is 5.89 Å². The number of hydrogen-bond acceptors (Lipinski definition) is 3. The molecular formula is C11H18N2O. The molecule has 0 aliphatic rings.